The Morgan fingerprint density at radius 1 is 1.35 bits per heavy atom. The van der Waals surface area contributed by atoms with Crippen LogP contribution in [0.15, 0.2) is 10.7 Å². The maximum Gasteiger partial charge on any atom is 0.243 e. The summed E-state index contributed by atoms with van der Waals surface area (Å²) in [5, 5.41) is 4.63. The van der Waals surface area contributed by atoms with Crippen molar-refractivity contribution in [2.24, 2.45) is 0 Å². The molecule has 2 N–H and O–H groups in total. The van der Waals surface area contributed by atoms with Gasteiger partial charge in [0.1, 0.15) is 0 Å². The second-order valence-corrected chi connectivity index (χ2v) is 6.70. The molecule has 0 radical (unpaired) electrons. The molecule has 0 spiro atoms. The Hall–Kier alpha value is -1.22. The lowest BCUT2D eigenvalue weighted by Gasteiger charge is -2.36. The van der Waals surface area contributed by atoms with Gasteiger partial charge in [-0.15, -0.1) is 23.7 Å². The Bertz CT molecular complexity index is 610. The maximum absolute atomic E-state index is 5.68. The number of piperazine rings is 1. The lowest BCUT2D eigenvalue weighted by molar-refractivity contribution is 0.0850. The molecule has 9 heteroatoms. The fourth-order valence-electron chi connectivity index (χ4n) is 2.66. The molecule has 0 saturated carbocycles. The number of halogens is 1. The highest BCUT2D eigenvalue weighted by molar-refractivity contribution is 7.15. The van der Waals surface area contributed by atoms with Crippen molar-refractivity contribution in [3.05, 3.63) is 22.8 Å². The Balaban J connectivity index is 0.00000192. The number of hydrogen-bond acceptors (Lipinski definition) is 8. The number of nitrogens with zero attached hydrogens (tertiary/aromatic N) is 5. The van der Waals surface area contributed by atoms with Crippen LogP contribution in [0, 0.1) is 0 Å². The van der Waals surface area contributed by atoms with Crippen LogP contribution in [0.1, 0.15) is 36.5 Å². The summed E-state index contributed by atoms with van der Waals surface area (Å²) in [5.74, 6) is 1.50. The second-order valence-electron chi connectivity index (χ2n) is 5.56. The third-order valence-corrected chi connectivity index (χ3v) is 4.87. The van der Waals surface area contributed by atoms with Gasteiger partial charge in [-0.2, -0.15) is 4.98 Å². The highest BCUT2D eigenvalue weighted by atomic mass is 35.5. The summed E-state index contributed by atoms with van der Waals surface area (Å²) in [6, 6.07) is 0.175. The molecule has 3 heterocycles. The molecule has 0 aromatic carbocycles. The SMILES string of the molecule is CCc1noc(C(C)N2CCN(Cc3cnc(N)s3)CC2)n1.Cl. The molecule has 0 amide bonds. The van der Waals surface area contributed by atoms with Crippen molar-refractivity contribution in [3.8, 4) is 0 Å². The molecule has 128 valence electrons. The van der Waals surface area contributed by atoms with Crippen molar-refractivity contribution < 1.29 is 4.52 Å². The first-order valence-corrected chi connectivity index (χ1v) is 8.46. The monoisotopic (exact) mass is 358 g/mol. The Labute approximate surface area is 146 Å². The smallest absolute Gasteiger partial charge is 0.243 e. The fraction of sp³-hybridized carbons (Fsp3) is 0.643. The first-order chi connectivity index (χ1) is 10.7. The lowest BCUT2D eigenvalue weighted by Crippen LogP contribution is -2.46. The van der Waals surface area contributed by atoms with Gasteiger partial charge in [0.15, 0.2) is 11.0 Å². The number of aryl methyl sites for hydroxylation is 1. The van der Waals surface area contributed by atoms with Gasteiger partial charge >= 0.3 is 0 Å². The van der Waals surface area contributed by atoms with E-state index >= 15 is 0 Å². The van der Waals surface area contributed by atoms with Gasteiger partial charge in [-0.05, 0) is 6.92 Å². The maximum atomic E-state index is 5.68. The van der Waals surface area contributed by atoms with Crippen LogP contribution in [-0.2, 0) is 13.0 Å². The topological polar surface area (TPSA) is 84.3 Å². The summed E-state index contributed by atoms with van der Waals surface area (Å²) in [5.41, 5.74) is 5.68. The van der Waals surface area contributed by atoms with Crippen LogP contribution >= 0.6 is 23.7 Å². The standard InChI is InChI=1S/C14H22N6OS.ClH/c1-3-12-17-13(21-18-12)10(2)20-6-4-19(5-7-20)9-11-8-16-14(15)22-11;/h8,10H,3-7,9H2,1-2H3,(H2,15,16);1H. The zero-order valence-electron chi connectivity index (χ0n) is 13.4. The number of nitrogens with two attached hydrogens (primary N) is 1. The van der Waals surface area contributed by atoms with Crippen molar-refractivity contribution in [3.63, 3.8) is 0 Å². The number of thiazole rings is 1. The van der Waals surface area contributed by atoms with Gasteiger partial charge in [0, 0.05) is 50.2 Å². The van der Waals surface area contributed by atoms with Crippen LogP contribution in [0.4, 0.5) is 5.13 Å². The molecular weight excluding hydrogens is 336 g/mol. The van der Waals surface area contributed by atoms with Crippen LogP contribution in [-0.4, -0.2) is 51.1 Å². The quantitative estimate of drug-likeness (QED) is 0.874. The zero-order chi connectivity index (χ0) is 15.5. The summed E-state index contributed by atoms with van der Waals surface area (Å²) in [6.07, 6.45) is 2.68. The fourth-order valence-corrected chi connectivity index (χ4v) is 3.39. The molecule has 1 atom stereocenters. The minimum atomic E-state index is 0. The number of nitrogen functional groups attached to an aromatic ring is 1. The van der Waals surface area contributed by atoms with Crippen LogP contribution in [0.5, 0.6) is 0 Å². The molecule has 2 aromatic rings. The van der Waals surface area contributed by atoms with Crippen LogP contribution in [0.2, 0.25) is 0 Å². The van der Waals surface area contributed by atoms with Crippen molar-refractivity contribution in [2.45, 2.75) is 32.9 Å². The van der Waals surface area contributed by atoms with Crippen molar-refractivity contribution in [1.29, 1.82) is 0 Å². The van der Waals surface area contributed by atoms with E-state index in [0.29, 0.717) is 5.13 Å². The molecule has 1 saturated heterocycles. The number of anilines is 1. The van der Waals surface area contributed by atoms with Crippen LogP contribution in [0.25, 0.3) is 0 Å². The van der Waals surface area contributed by atoms with E-state index < -0.39 is 0 Å². The summed E-state index contributed by atoms with van der Waals surface area (Å²) < 4.78 is 5.36. The van der Waals surface area contributed by atoms with E-state index in [1.807, 2.05) is 13.1 Å². The van der Waals surface area contributed by atoms with E-state index in [1.165, 1.54) is 4.88 Å². The molecule has 2 aromatic heterocycles. The number of aromatic nitrogens is 3. The molecular formula is C14H23ClN6OS. The van der Waals surface area contributed by atoms with E-state index in [0.717, 1.165) is 50.9 Å². The van der Waals surface area contributed by atoms with Gasteiger partial charge in [-0.25, -0.2) is 4.98 Å². The third-order valence-electron chi connectivity index (χ3n) is 4.06. The molecule has 1 aliphatic heterocycles. The predicted octanol–water partition coefficient (Wildman–Crippen LogP) is 1.97. The highest BCUT2D eigenvalue weighted by Gasteiger charge is 2.25. The first-order valence-electron chi connectivity index (χ1n) is 7.64. The van der Waals surface area contributed by atoms with E-state index in [-0.39, 0.29) is 18.4 Å². The van der Waals surface area contributed by atoms with Crippen molar-refractivity contribution in [2.75, 3.05) is 31.9 Å². The van der Waals surface area contributed by atoms with Gasteiger partial charge in [0.2, 0.25) is 5.89 Å². The van der Waals surface area contributed by atoms with Gasteiger partial charge in [0.05, 0.1) is 6.04 Å². The summed E-state index contributed by atoms with van der Waals surface area (Å²) >= 11 is 1.57. The third kappa shape index (κ3) is 4.41. The Kier molecular flexibility index (Phi) is 6.34. The Morgan fingerprint density at radius 3 is 2.65 bits per heavy atom. The van der Waals surface area contributed by atoms with E-state index in [2.05, 4.69) is 31.8 Å². The average molecular weight is 359 g/mol. The summed E-state index contributed by atoms with van der Waals surface area (Å²) in [6.45, 7) is 9.14. The molecule has 1 aliphatic rings. The predicted molar refractivity (Wildman–Crippen MR) is 92.7 cm³/mol. The van der Waals surface area contributed by atoms with Gasteiger partial charge in [0.25, 0.3) is 0 Å². The molecule has 3 rings (SSSR count). The van der Waals surface area contributed by atoms with Crippen molar-refractivity contribution in [1.82, 2.24) is 24.9 Å². The second kappa shape index (κ2) is 8.05. The van der Waals surface area contributed by atoms with E-state index in [4.69, 9.17) is 10.3 Å². The largest absolute Gasteiger partial charge is 0.375 e. The normalized spacial score (nSPS) is 17.8. The Morgan fingerprint density at radius 2 is 2.09 bits per heavy atom. The molecule has 1 unspecified atom stereocenters. The summed E-state index contributed by atoms with van der Waals surface area (Å²) in [7, 11) is 0. The number of hydrogen-bond donors (Lipinski definition) is 1. The van der Waals surface area contributed by atoms with Crippen LogP contribution in [0.3, 0.4) is 0 Å². The molecule has 0 aliphatic carbocycles. The van der Waals surface area contributed by atoms with Crippen molar-refractivity contribution >= 4 is 28.9 Å². The molecule has 23 heavy (non-hydrogen) atoms. The molecule has 1 fully saturated rings. The average Bonchev–Trinajstić information content (AvgIpc) is 3.16. The van der Waals surface area contributed by atoms with E-state index in [1.54, 1.807) is 11.3 Å². The summed E-state index contributed by atoms with van der Waals surface area (Å²) in [4.78, 5) is 14.6. The minimum absolute atomic E-state index is 0. The molecule has 0 bridgehead atoms. The molecule has 7 nitrogen and oxygen atoms in total. The highest BCUT2D eigenvalue weighted by Crippen LogP contribution is 2.22. The minimum Gasteiger partial charge on any atom is -0.375 e. The van der Waals surface area contributed by atoms with Gasteiger partial charge in [-0.1, -0.05) is 12.1 Å². The van der Waals surface area contributed by atoms with Gasteiger partial charge < -0.3 is 10.3 Å². The first kappa shape index (κ1) is 18.1. The number of rotatable bonds is 5. The van der Waals surface area contributed by atoms with Crippen LogP contribution < -0.4 is 5.73 Å². The van der Waals surface area contributed by atoms with E-state index in [9.17, 15) is 0 Å². The zero-order valence-corrected chi connectivity index (χ0v) is 15.1. The van der Waals surface area contributed by atoms with Gasteiger partial charge in [-0.3, -0.25) is 9.80 Å². The lowest BCUT2D eigenvalue weighted by atomic mass is 10.2.